The number of hydrogen-bond donors (Lipinski definition) is 1. The average molecular weight is 394 g/mol. The van der Waals surface area contributed by atoms with E-state index in [1.807, 2.05) is 27.7 Å². The number of nitrogens with one attached hydrogen (secondary N) is 1. The van der Waals surface area contributed by atoms with Crippen LogP contribution >= 0.6 is 0 Å². The van der Waals surface area contributed by atoms with E-state index >= 15 is 0 Å². The quantitative estimate of drug-likeness (QED) is 0.216. The summed E-state index contributed by atoms with van der Waals surface area (Å²) in [6.45, 7) is 13.2. The summed E-state index contributed by atoms with van der Waals surface area (Å²) in [5.41, 5.74) is 1.15. The molecule has 0 heterocycles. The maximum atomic E-state index is 5.70. The number of hydrogen-bond acceptors (Lipinski definition) is 5. The Kier molecular flexibility index (Phi) is 17.8. The second-order valence-electron chi connectivity index (χ2n) is 6.55. The summed E-state index contributed by atoms with van der Waals surface area (Å²) >= 11 is 0. The normalized spacial score (nSPS) is 14.6. The Balaban J connectivity index is 3.74. The first-order valence-corrected chi connectivity index (χ1v) is 12.6. The fourth-order valence-corrected chi connectivity index (χ4v) is 4.49. The minimum absolute atomic E-state index is 0.00143. The van der Waals surface area contributed by atoms with Crippen LogP contribution in [0, 0.1) is 0 Å². The number of ether oxygens (including phenoxy) is 4. The highest BCUT2D eigenvalue weighted by molar-refractivity contribution is 6.12. The minimum Gasteiger partial charge on any atom is -0.353 e. The molecule has 0 amide bonds. The Morgan fingerprint density at radius 3 is 1.24 bits per heavy atom. The lowest BCUT2D eigenvalue weighted by Gasteiger charge is -2.24. The summed E-state index contributed by atoms with van der Waals surface area (Å²) in [7, 11) is 2.23. The smallest absolute Gasteiger partial charge is 0.157 e. The van der Waals surface area contributed by atoms with Crippen LogP contribution in [0.3, 0.4) is 0 Å². The van der Waals surface area contributed by atoms with Crippen LogP contribution in [0.15, 0.2) is 0 Å². The first-order valence-electron chi connectivity index (χ1n) is 10.3. The molecule has 0 aliphatic heterocycles. The van der Waals surface area contributed by atoms with Crippen LogP contribution in [0.5, 0.6) is 0 Å². The fraction of sp³-hybridized carbons (Fsp3) is 1.00. The molecule has 0 bridgehead atoms. The van der Waals surface area contributed by atoms with Crippen molar-refractivity contribution in [2.24, 2.45) is 0 Å². The molecule has 0 aromatic carbocycles. The van der Waals surface area contributed by atoms with Crippen LogP contribution in [-0.4, -0.2) is 72.6 Å². The van der Waals surface area contributed by atoms with E-state index in [-0.39, 0.29) is 12.6 Å². The van der Waals surface area contributed by atoms with E-state index in [2.05, 4.69) is 5.32 Å². The molecule has 0 radical (unpaired) electrons. The molecule has 2 unspecified atom stereocenters. The predicted molar refractivity (Wildman–Crippen MR) is 113 cm³/mol. The maximum absolute atomic E-state index is 5.70. The van der Waals surface area contributed by atoms with E-state index in [0.29, 0.717) is 11.1 Å². The van der Waals surface area contributed by atoms with E-state index in [1.54, 1.807) is 0 Å². The molecule has 5 nitrogen and oxygen atoms in total. The summed E-state index contributed by atoms with van der Waals surface area (Å²) in [6.07, 6.45) is 4.75. The van der Waals surface area contributed by atoms with Gasteiger partial charge in [0.1, 0.15) is 0 Å². The molecule has 7 heteroatoms. The van der Waals surface area contributed by atoms with Gasteiger partial charge in [-0.2, -0.15) is 0 Å². The molecule has 1 N–H and O–H groups in total. The van der Waals surface area contributed by atoms with Gasteiger partial charge in [0.15, 0.2) is 12.6 Å². The van der Waals surface area contributed by atoms with Gasteiger partial charge in [-0.1, -0.05) is 0 Å². The van der Waals surface area contributed by atoms with E-state index < -0.39 is 0 Å². The largest absolute Gasteiger partial charge is 0.353 e. The molecule has 0 rings (SSSR count). The van der Waals surface area contributed by atoms with Gasteiger partial charge in [-0.3, -0.25) is 0 Å². The second-order valence-corrected chi connectivity index (χ2v) is 9.51. The van der Waals surface area contributed by atoms with E-state index in [1.165, 1.54) is 25.7 Å². The molecule has 2 atom stereocenters. The van der Waals surface area contributed by atoms with Gasteiger partial charge in [0, 0.05) is 46.9 Å². The molecule has 0 aliphatic carbocycles. The van der Waals surface area contributed by atoms with Crippen molar-refractivity contribution in [2.45, 2.75) is 77.0 Å². The van der Waals surface area contributed by atoms with Gasteiger partial charge in [-0.05, 0) is 77.6 Å². The van der Waals surface area contributed by atoms with Gasteiger partial charge in [0.25, 0.3) is 0 Å². The lowest BCUT2D eigenvalue weighted by Crippen LogP contribution is -2.26. The summed E-state index contributed by atoms with van der Waals surface area (Å²) in [5, 5.41) is 3.57. The van der Waals surface area contributed by atoms with Crippen LogP contribution < -0.4 is 5.32 Å². The minimum atomic E-state index is 0.00143. The van der Waals surface area contributed by atoms with Gasteiger partial charge >= 0.3 is 0 Å². The highest BCUT2D eigenvalue weighted by atomic mass is 28.1. The average Bonchev–Trinajstić information content (AvgIpc) is 2.60. The van der Waals surface area contributed by atoms with Crippen molar-refractivity contribution in [3.05, 3.63) is 0 Å². The van der Waals surface area contributed by atoms with Crippen molar-refractivity contribution in [3.8, 4) is 0 Å². The fourth-order valence-electron chi connectivity index (χ4n) is 2.91. The lowest BCUT2D eigenvalue weighted by molar-refractivity contribution is -0.139. The highest BCUT2D eigenvalue weighted by Crippen LogP contribution is 2.19. The standard InChI is InChI=1S/C18H43NO4Si2/c1-5-20-17(21-6-2)15(24)11-9-13-19-14-10-12-16(25)18(22-7-3)23-8-4/h15-19H,5-14H2,1-4,24-25H3. The van der Waals surface area contributed by atoms with Crippen LogP contribution in [0.4, 0.5) is 0 Å². The molecule has 0 aliphatic rings. The zero-order valence-electron chi connectivity index (χ0n) is 17.5. The molecular formula is C18H43NO4Si2. The SMILES string of the molecule is CCOC(OCC)C([SiH3])CCCNCCCC([SiH3])C(OCC)OCC. The first kappa shape index (κ1) is 25.2. The Bertz CT molecular complexity index is 250. The molecule has 0 aromatic rings. The van der Waals surface area contributed by atoms with Crippen LogP contribution in [0.2, 0.25) is 11.1 Å². The van der Waals surface area contributed by atoms with Crippen LogP contribution in [-0.2, 0) is 18.9 Å². The lowest BCUT2D eigenvalue weighted by atomic mass is 10.2. The molecule has 0 aromatic heterocycles. The van der Waals surface area contributed by atoms with Gasteiger partial charge in [-0.25, -0.2) is 0 Å². The van der Waals surface area contributed by atoms with Crippen molar-refractivity contribution in [1.29, 1.82) is 0 Å². The summed E-state index contributed by atoms with van der Waals surface area (Å²) < 4.78 is 22.8. The zero-order valence-corrected chi connectivity index (χ0v) is 21.5. The zero-order chi connectivity index (χ0) is 18.9. The topological polar surface area (TPSA) is 49.0 Å². The van der Waals surface area contributed by atoms with E-state index in [0.717, 1.165) is 60.0 Å². The molecule has 0 fully saturated rings. The molecular weight excluding hydrogens is 350 g/mol. The monoisotopic (exact) mass is 393 g/mol. The Labute approximate surface area is 161 Å². The van der Waals surface area contributed by atoms with Crippen molar-refractivity contribution in [1.82, 2.24) is 5.32 Å². The van der Waals surface area contributed by atoms with Crippen LogP contribution in [0.1, 0.15) is 53.4 Å². The third kappa shape index (κ3) is 13.1. The Morgan fingerprint density at radius 2 is 0.960 bits per heavy atom. The molecule has 0 saturated carbocycles. The van der Waals surface area contributed by atoms with Crippen LogP contribution in [0.25, 0.3) is 0 Å². The summed E-state index contributed by atoms with van der Waals surface area (Å²) in [4.78, 5) is 0. The summed E-state index contributed by atoms with van der Waals surface area (Å²) in [5.74, 6) is 0. The Morgan fingerprint density at radius 1 is 0.640 bits per heavy atom. The predicted octanol–water partition coefficient (Wildman–Crippen LogP) is 1.24. The molecule has 0 saturated heterocycles. The molecule has 152 valence electrons. The second kappa shape index (κ2) is 17.6. The Hall–Kier alpha value is 0.234. The molecule has 0 spiro atoms. The third-order valence-corrected chi connectivity index (χ3v) is 6.52. The summed E-state index contributed by atoms with van der Waals surface area (Å²) in [6, 6.07) is 0. The molecule has 25 heavy (non-hydrogen) atoms. The van der Waals surface area contributed by atoms with Crippen molar-refractivity contribution >= 4 is 20.5 Å². The highest BCUT2D eigenvalue weighted by Gasteiger charge is 2.18. The van der Waals surface area contributed by atoms with Crippen molar-refractivity contribution in [2.75, 3.05) is 39.5 Å². The maximum Gasteiger partial charge on any atom is 0.157 e. The van der Waals surface area contributed by atoms with E-state index in [4.69, 9.17) is 18.9 Å². The number of rotatable bonds is 18. The van der Waals surface area contributed by atoms with Crippen molar-refractivity contribution < 1.29 is 18.9 Å². The van der Waals surface area contributed by atoms with E-state index in [9.17, 15) is 0 Å². The van der Waals surface area contributed by atoms with Crippen molar-refractivity contribution in [3.63, 3.8) is 0 Å². The first-order chi connectivity index (χ1) is 12.1. The third-order valence-electron chi connectivity index (χ3n) is 4.28. The van der Waals surface area contributed by atoms with Gasteiger partial charge in [0.2, 0.25) is 0 Å². The van der Waals surface area contributed by atoms with Gasteiger partial charge < -0.3 is 24.3 Å². The van der Waals surface area contributed by atoms with Gasteiger partial charge in [0.05, 0.1) is 0 Å². The van der Waals surface area contributed by atoms with Gasteiger partial charge in [-0.15, -0.1) is 0 Å².